The van der Waals surface area contributed by atoms with Crippen LogP contribution in [0.5, 0.6) is 0 Å². The molecule has 1 amide bonds. The van der Waals surface area contributed by atoms with Gasteiger partial charge in [-0.2, -0.15) is 0 Å². The van der Waals surface area contributed by atoms with Gasteiger partial charge in [-0.05, 0) is 58.2 Å². The summed E-state index contributed by atoms with van der Waals surface area (Å²) < 4.78 is 6.32. The summed E-state index contributed by atoms with van der Waals surface area (Å²) in [7, 11) is 0. The molecule has 1 heterocycles. The lowest BCUT2D eigenvalue weighted by molar-refractivity contribution is 0.0505. The average Bonchev–Trinajstić information content (AvgIpc) is 2.95. The van der Waals surface area contributed by atoms with E-state index in [9.17, 15) is 4.79 Å². The van der Waals surface area contributed by atoms with Gasteiger partial charge >= 0.3 is 6.09 Å². The van der Waals surface area contributed by atoms with Gasteiger partial charge in [0, 0.05) is 21.9 Å². The van der Waals surface area contributed by atoms with E-state index in [4.69, 9.17) is 10.5 Å². The maximum Gasteiger partial charge on any atom is 0.407 e. The molecule has 1 fully saturated rings. The first-order chi connectivity index (χ1) is 12.2. The van der Waals surface area contributed by atoms with Gasteiger partial charge in [0.1, 0.15) is 5.60 Å². The van der Waals surface area contributed by atoms with Gasteiger partial charge in [-0.15, -0.1) is 0 Å². The van der Waals surface area contributed by atoms with E-state index in [1.165, 1.54) is 0 Å². The molecule has 4 N–H and O–H groups in total. The Morgan fingerprint density at radius 3 is 2.77 bits per heavy atom. The largest absolute Gasteiger partial charge is 0.444 e. The molecule has 6 nitrogen and oxygen atoms in total. The van der Waals surface area contributed by atoms with E-state index < -0.39 is 5.60 Å². The highest BCUT2D eigenvalue weighted by Crippen LogP contribution is 2.33. The van der Waals surface area contributed by atoms with Gasteiger partial charge in [0.2, 0.25) is 0 Å². The lowest BCUT2D eigenvalue weighted by Crippen LogP contribution is -2.38. The molecule has 26 heavy (non-hydrogen) atoms. The Balaban J connectivity index is 1.68. The number of nitrogens with one attached hydrogen (secondary N) is 2. The molecule has 2 aromatic rings. The van der Waals surface area contributed by atoms with E-state index in [0.717, 1.165) is 40.3 Å². The number of nitrogens with zero attached hydrogens (tertiary/aromatic N) is 1. The van der Waals surface area contributed by atoms with E-state index in [2.05, 4.69) is 31.5 Å². The Hall–Kier alpha value is -2.02. The number of ether oxygens (including phenoxy) is 1. The van der Waals surface area contributed by atoms with E-state index in [0.29, 0.717) is 5.69 Å². The summed E-state index contributed by atoms with van der Waals surface area (Å²) in [6.45, 7) is 5.59. The second-order valence-electron chi connectivity index (χ2n) is 7.75. The van der Waals surface area contributed by atoms with Crippen molar-refractivity contribution in [3.63, 3.8) is 0 Å². The average molecular weight is 421 g/mol. The van der Waals surface area contributed by atoms with Crippen molar-refractivity contribution < 1.29 is 9.53 Å². The van der Waals surface area contributed by atoms with Crippen molar-refractivity contribution in [2.24, 2.45) is 0 Å². The smallest absolute Gasteiger partial charge is 0.407 e. The molecule has 0 spiro atoms. The number of nitrogen functional groups attached to an aromatic ring is 1. The van der Waals surface area contributed by atoms with Gasteiger partial charge in [-0.25, -0.2) is 4.79 Å². The summed E-state index contributed by atoms with van der Waals surface area (Å²) >= 11 is 3.51. The molecule has 0 bridgehead atoms. The second-order valence-corrected chi connectivity index (χ2v) is 8.66. The van der Waals surface area contributed by atoms with E-state index in [1.807, 2.05) is 39.0 Å². The Kier molecular flexibility index (Phi) is 5.27. The molecule has 1 saturated carbocycles. The first kappa shape index (κ1) is 18.8. The van der Waals surface area contributed by atoms with Crippen LogP contribution in [0.25, 0.3) is 10.9 Å². The topological polar surface area (TPSA) is 89.3 Å². The van der Waals surface area contributed by atoms with Crippen molar-refractivity contribution in [1.29, 1.82) is 0 Å². The fourth-order valence-electron chi connectivity index (χ4n) is 3.26. The van der Waals surface area contributed by atoms with E-state index >= 15 is 0 Å². The van der Waals surface area contributed by atoms with Gasteiger partial charge in [0.25, 0.3) is 0 Å². The Labute approximate surface area is 162 Å². The maximum absolute atomic E-state index is 12.0. The maximum atomic E-state index is 12.0. The summed E-state index contributed by atoms with van der Waals surface area (Å²) in [6.07, 6.45) is 4.02. The third-order valence-electron chi connectivity index (χ3n) is 4.36. The van der Waals surface area contributed by atoms with Crippen molar-refractivity contribution in [1.82, 2.24) is 10.3 Å². The molecule has 1 aromatic heterocycles. The molecule has 1 aliphatic rings. The molecule has 0 unspecified atom stereocenters. The summed E-state index contributed by atoms with van der Waals surface area (Å²) in [4.78, 5) is 16.3. The second kappa shape index (κ2) is 7.31. The molecule has 140 valence electrons. The number of fused-ring (bicyclic) bond motifs is 1. The van der Waals surface area contributed by atoms with Crippen LogP contribution in [0.4, 0.5) is 16.2 Å². The van der Waals surface area contributed by atoms with Gasteiger partial charge < -0.3 is 21.1 Å². The number of pyridine rings is 1. The predicted molar refractivity (Wildman–Crippen MR) is 108 cm³/mol. The van der Waals surface area contributed by atoms with Gasteiger partial charge in [0.05, 0.1) is 23.1 Å². The summed E-state index contributed by atoms with van der Waals surface area (Å²) in [5, 5.41) is 7.50. The number of carbonyl (C=O) groups excluding carboxylic acids is 1. The minimum Gasteiger partial charge on any atom is -0.444 e. The van der Waals surface area contributed by atoms with Crippen molar-refractivity contribution in [2.75, 3.05) is 11.1 Å². The van der Waals surface area contributed by atoms with Crippen LogP contribution in [0.2, 0.25) is 0 Å². The number of anilines is 2. The number of benzene rings is 1. The molecule has 0 saturated heterocycles. The highest BCUT2D eigenvalue weighted by atomic mass is 79.9. The van der Waals surface area contributed by atoms with Crippen LogP contribution in [0.3, 0.4) is 0 Å². The molecule has 2 atom stereocenters. The number of amides is 1. The van der Waals surface area contributed by atoms with E-state index in [-0.39, 0.29) is 18.2 Å². The van der Waals surface area contributed by atoms with Crippen LogP contribution in [0, 0.1) is 0 Å². The zero-order valence-corrected chi connectivity index (χ0v) is 16.9. The SMILES string of the molecule is CC(C)(C)OC(=O)N[C@@H]1CC[C@@H](Nc2c(N)cnc3ccc(Br)cc23)C1. The van der Waals surface area contributed by atoms with Crippen LogP contribution in [0.15, 0.2) is 28.9 Å². The number of aromatic nitrogens is 1. The lowest BCUT2D eigenvalue weighted by Gasteiger charge is -2.22. The zero-order valence-electron chi connectivity index (χ0n) is 15.3. The standard InChI is InChI=1S/C19H25BrN4O2/c1-19(2,3)26-18(25)24-13-6-5-12(9-13)23-17-14-8-11(20)4-7-16(14)22-10-15(17)21/h4,7-8,10,12-13H,5-6,9,21H2,1-3H3,(H,22,23)(H,24,25)/t12-,13-/m1/s1. The number of halogens is 1. The summed E-state index contributed by atoms with van der Waals surface area (Å²) in [6, 6.07) is 6.29. The van der Waals surface area contributed by atoms with Crippen LogP contribution in [0.1, 0.15) is 40.0 Å². The van der Waals surface area contributed by atoms with Crippen LogP contribution >= 0.6 is 15.9 Å². The molecule has 1 aliphatic carbocycles. The molecule has 0 radical (unpaired) electrons. The van der Waals surface area contributed by atoms with Crippen LogP contribution in [-0.4, -0.2) is 28.8 Å². The molecule has 3 rings (SSSR count). The molecular formula is C19H25BrN4O2. The monoisotopic (exact) mass is 420 g/mol. The first-order valence-electron chi connectivity index (χ1n) is 8.81. The molecule has 7 heteroatoms. The van der Waals surface area contributed by atoms with Crippen LogP contribution in [-0.2, 0) is 4.74 Å². The van der Waals surface area contributed by atoms with Crippen LogP contribution < -0.4 is 16.4 Å². The minimum atomic E-state index is -0.488. The van der Waals surface area contributed by atoms with Gasteiger partial charge in [0.15, 0.2) is 0 Å². The van der Waals surface area contributed by atoms with E-state index in [1.54, 1.807) is 6.20 Å². The van der Waals surface area contributed by atoms with Gasteiger partial charge in [-0.3, -0.25) is 4.98 Å². The number of rotatable bonds is 3. The van der Waals surface area contributed by atoms with Crippen molar-refractivity contribution in [2.45, 2.75) is 57.7 Å². The third-order valence-corrected chi connectivity index (χ3v) is 4.85. The quantitative estimate of drug-likeness (QED) is 0.682. The minimum absolute atomic E-state index is 0.100. The lowest BCUT2D eigenvalue weighted by atomic mass is 10.1. The third kappa shape index (κ3) is 4.58. The molecule has 1 aromatic carbocycles. The number of nitrogens with two attached hydrogens (primary N) is 1. The fraction of sp³-hybridized carbons (Fsp3) is 0.474. The highest BCUT2D eigenvalue weighted by molar-refractivity contribution is 9.10. The van der Waals surface area contributed by atoms with Gasteiger partial charge in [-0.1, -0.05) is 15.9 Å². The van der Waals surface area contributed by atoms with Crippen molar-refractivity contribution in [3.05, 3.63) is 28.9 Å². The Morgan fingerprint density at radius 2 is 2.04 bits per heavy atom. The molecule has 0 aliphatic heterocycles. The zero-order chi connectivity index (χ0) is 18.9. The number of hydrogen-bond acceptors (Lipinski definition) is 5. The number of carbonyl (C=O) groups is 1. The highest BCUT2D eigenvalue weighted by Gasteiger charge is 2.28. The Morgan fingerprint density at radius 1 is 1.31 bits per heavy atom. The number of hydrogen-bond donors (Lipinski definition) is 3. The molecular weight excluding hydrogens is 396 g/mol. The Bertz CT molecular complexity index is 814. The van der Waals surface area contributed by atoms with Crippen molar-refractivity contribution in [3.8, 4) is 0 Å². The predicted octanol–water partition coefficient (Wildman–Crippen LogP) is 4.44. The number of alkyl carbamates (subject to hydrolysis) is 1. The van der Waals surface area contributed by atoms with Crippen molar-refractivity contribution >= 4 is 44.3 Å². The fourth-order valence-corrected chi connectivity index (χ4v) is 3.62. The summed E-state index contributed by atoms with van der Waals surface area (Å²) in [5.74, 6) is 0. The summed E-state index contributed by atoms with van der Waals surface area (Å²) in [5.41, 5.74) is 8.10. The first-order valence-corrected chi connectivity index (χ1v) is 9.60. The normalized spacial score (nSPS) is 20.2.